The van der Waals surface area contributed by atoms with Crippen LogP contribution in [-0.4, -0.2) is 24.6 Å². The Kier molecular flexibility index (Phi) is 5.15. The van der Waals surface area contributed by atoms with Crippen LogP contribution in [0.1, 0.15) is 31.7 Å². The Morgan fingerprint density at radius 1 is 1.40 bits per heavy atom. The number of carbonyl (C=O) groups is 1. The molecule has 1 aromatic carbocycles. The first-order valence-corrected chi connectivity index (χ1v) is 7.27. The van der Waals surface area contributed by atoms with Gasteiger partial charge >= 0.3 is 0 Å². The van der Waals surface area contributed by atoms with Crippen molar-refractivity contribution in [2.45, 2.75) is 38.3 Å². The summed E-state index contributed by atoms with van der Waals surface area (Å²) in [7, 11) is 0. The van der Waals surface area contributed by atoms with Crippen molar-refractivity contribution < 1.29 is 9.53 Å². The van der Waals surface area contributed by atoms with Gasteiger partial charge in [-0.05, 0) is 31.2 Å². The standard InChI is InChI=1S/C16H24N2O2/c1-16(12-17,14-7-8-14)18-15(19)9-10-20-11-13-5-3-2-4-6-13/h2-6,14H,7-12,17H2,1H3,(H,18,19). The molecule has 20 heavy (non-hydrogen) atoms. The molecule has 0 bridgehead atoms. The van der Waals surface area contributed by atoms with Crippen molar-refractivity contribution in [3.63, 3.8) is 0 Å². The molecule has 0 saturated heterocycles. The van der Waals surface area contributed by atoms with Crippen LogP contribution in [0.4, 0.5) is 0 Å². The number of nitrogens with one attached hydrogen (secondary N) is 1. The van der Waals surface area contributed by atoms with Gasteiger partial charge in [-0.2, -0.15) is 0 Å². The number of carbonyl (C=O) groups excluding carboxylic acids is 1. The van der Waals surface area contributed by atoms with Crippen LogP contribution < -0.4 is 11.1 Å². The number of amides is 1. The van der Waals surface area contributed by atoms with Crippen molar-refractivity contribution in [3.8, 4) is 0 Å². The summed E-state index contributed by atoms with van der Waals surface area (Å²) in [6.45, 7) is 3.51. The Balaban J connectivity index is 1.65. The van der Waals surface area contributed by atoms with Crippen molar-refractivity contribution in [1.29, 1.82) is 0 Å². The smallest absolute Gasteiger partial charge is 0.222 e. The first-order chi connectivity index (χ1) is 9.64. The molecule has 4 nitrogen and oxygen atoms in total. The fraction of sp³-hybridized carbons (Fsp3) is 0.562. The summed E-state index contributed by atoms with van der Waals surface area (Å²) in [5.41, 5.74) is 6.66. The maximum Gasteiger partial charge on any atom is 0.222 e. The molecule has 1 amide bonds. The van der Waals surface area contributed by atoms with E-state index in [9.17, 15) is 4.79 Å². The molecule has 1 atom stereocenters. The van der Waals surface area contributed by atoms with Gasteiger partial charge in [0.05, 0.1) is 18.8 Å². The normalized spacial score (nSPS) is 17.5. The van der Waals surface area contributed by atoms with Gasteiger partial charge in [-0.25, -0.2) is 0 Å². The molecular weight excluding hydrogens is 252 g/mol. The zero-order valence-electron chi connectivity index (χ0n) is 12.1. The molecule has 0 radical (unpaired) electrons. The molecule has 2 rings (SSSR count). The minimum atomic E-state index is -0.240. The molecule has 4 heteroatoms. The number of nitrogens with two attached hydrogens (primary N) is 1. The van der Waals surface area contributed by atoms with E-state index in [0.717, 1.165) is 5.56 Å². The van der Waals surface area contributed by atoms with Gasteiger partial charge in [-0.1, -0.05) is 30.3 Å². The predicted octanol–water partition coefficient (Wildman–Crippen LogP) is 1.84. The number of ether oxygens (including phenoxy) is 1. The van der Waals surface area contributed by atoms with Crippen molar-refractivity contribution in [3.05, 3.63) is 35.9 Å². The molecule has 3 N–H and O–H groups in total. The Bertz CT molecular complexity index is 431. The van der Waals surface area contributed by atoms with E-state index in [2.05, 4.69) is 5.32 Å². The molecule has 0 aliphatic heterocycles. The van der Waals surface area contributed by atoms with Gasteiger partial charge in [0, 0.05) is 13.0 Å². The average Bonchev–Trinajstić information content (AvgIpc) is 3.29. The summed E-state index contributed by atoms with van der Waals surface area (Å²) in [6, 6.07) is 9.96. The highest BCUT2D eigenvalue weighted by Gasteiger charge is 2.41. The van der Waals surface area contributed by atoms with Crippen LogP contribution in [-0.2, 0) is 16.1 Å². The number of benzene rings is 1. The first-order valence-electron chi connectivity index (χ1n) is 7.27. The Hall–Kier alpha value is -1.39. The fourth-order valence-corrected chi connectivity index (χ4v) is 2.35. The van der Waals surface area contributed by atoms with E-state index in [1.165, 1.54) is 12.8 Å². The van der Waals surface area contributed by atoms with Gasteiger partial charge in [-0.3, -0.25) is 4.79 Å². The zero-order valence-corrected chi connectivity index (χ0v) is 12.1. The molecular formula is C16H24N2O2. The third kappa shape index (κ3) is 4.32. The molecule has 0 heterocycles. The lowest BCUT2D eigenvalue weighted by atomic mass is 9.96. The average molecular weight is 276 g/mol. The van der Waals surface area contributed by atoms with E-state index in [4.69, 9.17) is 10.5 Å². The minimum Gasteiger partial charge on any atom is -0.376 e. The molecule has 1 aliphatic rings. The highest BCUT2D eigenvalue weighted by Crippen LogP contribution is 2.38. The second-order valence-corrected chi connectivity index (χ2v) is 5.73. The van der Waals surface area contributed by atoms with Crippen LogP contribution >= 0.6 is 0 Å². The number of hydrogen-bond donors (Lipinski definition) is 2. The van der Waals surface area contributed by atoms with Crippen molar-refractivity contribution in [2.75, 3.05) is 13.2 Å². The molecule has 1 aromatic rings. The van der Waals surface area contributed by atoms with Gasteiger partial charge in [0.25, 0.3) is 0 Å². The summed E-state index contributed by atoms with van der Waals surface area (Å²) < 4.78 is 5.52. The van der Waals surface area contributed by atoms with Crippen LogP contribution in [0, 0.1) is 5.92 Å². The SMILES string of the molecule is CC(CN)(NC(=O)CCOCc1ccccc1)C1CC1. The topological polar surface area (TPSA) is 64.3 Å². The summed E-state index contributed by atoms with van der Waals surface area (Å²) in [6.07, 6.45) is 2.71. The third-order valence-corrected chi connectivity index (χ3v) is 3.91. The highest BCUT2D eigenvalue weighted by atomic mass is 16.5. The Morgan fingerprint density at radius 2 is 2.10 bits per heavy atom. The lowest BCUT2D eigenvalue weighted by Crippen LogP contribution is -2.53. The second kappa shape index (κ2) is 6.86. The second-order valence-electron chi connectivity index (χ2n) is 5.73. The fourth-order valence-electron chi connectivity index (χ4n) is 2.35. The summed E-state index contributed by atoms with van der Waals surface area (Å²) in [5, 5.41) is 3.06. The van der Waals surface area contributed by atoms with Crippen molar-refractivity contribution in [2.24, 2.45) is 11.7 Å². The molecule has 0 aromatic heterocycles. The maximum absolute atomic E-state index is 11.9. The van der Waals surface area contributed by atoms with E-state index in [0.29, 0.717) is 32.1 Å². The largest absolute Gasteiger partial charge is 0.376 e. The lowest BCUT2D eigenvalue weighted by Gasteiger charge is -2.29. The van der Waals surface area contributed by atoms with E-state index in [1.54, 1.807) is 0 Å². The molecule has 0 spiro atoms. The molecule has 1 aliphatic carbocycles. The van der Waals surface area contributed by atoms with E-state index in [1.807, 2.05) is 37.3 Å². The molecule has 1 fully saturated rings. The zero-order chi connectivity index (χ0) is 14.4. The predicted molar refractivity (Wildman–Crippen MR) is 79.0 cm³/mol. The van der Waals surface area contributed by atoms with Crippen LogP contribution in [0.5, 0.6) is 0 Å². The monoisotopic (exact) mass is 276 g/mol. The first kappa shape index (κ1) is 15.0. The number of rotatable bonds is 8. The Labute approximate surface area is 120 Å². The van der Waals surface area contributed by atoms with Gasteiger partial charge in [0.15, 0.2) is 0 Å². The van der Waals surface area contributed by atoms with E-state index < -0.39 is 0 Å². The van der Waals surface area contributed by atoms with Gasteiger partial charge in [0.2, 0.25) is 5.91 Å². The van der Waals surface area contributed by atoms with Crippen molar-refractivity contribution >= 4 is 5.91 Å². The van der Waals surface area contributed by atoms with E-state index in [-0.39, 0.29) is 11.4 Å². The Morgan fingerprint density at radius 3 is 2.70 bits per heavy atom. The summed E-state index contributed by atoms with van der Waals surface area (Å²) in [4.78, 5) is 11.9. The van der Waals surface area contributed by atoms with E-state index >= 15 is 0 Å². The highest BCUT2D eigenvalue weighted by molar-refractivity contribution is 5.77. The third-order valence-electron chi connectivity index (χ3n) is 3.91. The minimum absolute atomic E-state index is 0.0258. The van der Waals surface area contributed by atoms with Crippen LogP contribution in [0.15, 0.2) is 30.3 Å². The quantitative estimate of drug-likeness (QED) is 0.712. The molecule has 1 saturated carbocycles. The van der Waals surface area contributed by atoms with Gasteiger partial charge < -0.3 is 15.8 Å². The molecule has 1 unspecified atom stereocenters. The molecule has 110 valence electrons. The van der Waals surface area contributed by atoms with Crippen LogP contribution in [0.25, 0.3) is 0 Å². The van der Waals surface area contributed by atoms with Gasteiger partial charge in [-0.15, -0.1) is 0 Å². The number of hydrogen-bond acceptors (Lipinski definition) is 3. The van der Waals surface area contributed by atoms with Crippen LogP contribution in [0.3, 0.4) is 0 Å². The summed E-state index contributed by atoms with van der Waals surface area (Å²) >= 11 is 0. The summed E-state index contributed by atoms with van der Waals surface area (Å²) in [5.74, 6) is 0.569. The van der Waals surface area contributed by atoms with Crippen molar-refractivity contribution in [1.82, 2.24) is 5.32 Å². The maximum atomic E-state index is 11.9. The lowest BCUT2D eigenvalue weighted by molar-refractivity contribution is -0.124. The van der Waals surface area contributed by atoms with Gasteiger partial charge in [0.1, 0.15) is 0 Å². The van der Waals surface area contributed by atoms with Crippen LogP contribution in [0.2, 0.25) is 0 Å².